The highest BCUT2D eigenvalue weighted by molar-refractivity contribution is 5.25. The van der Waals surface area contributed by atoms with Gasteiger partial charge in [0.05, 0.1) is 17.8 Å². The predicted molar refractivity (Wildman–Crippen MR) is 122 cm³/mol. The third kappa shape index (κ3) is 3.52. The highest BCUT2D eigenvalue weighted by Crippen LogP contribution is 2.67. The van der Waals surface area contributed by atoms with Gasteiger partial charge in [-0.2, -0.15) is 0 Å². The maximum atomic E-state index is 11.6. The molecule has 30 heavy (non-hydrogen) atoms. The van der Waals surface area contributed by atoms with Crippen LogP contribution in [0, 0.1) is 40.4 Å². The van der Waals surface area contributed by atoms with Crippen molar-refractivity contribution in [2.24, 2.45) is 40.4 Å². The number of hydrogen-bond acceptors (Lipinski definition) is 3. The van der Waals surface area contributed by atoms with Gasteiger partial charge in [0.15, 0.2) is 0 Å². The Morgan fingerprint density at radius 1 is 1.07 bits per heavy atom. The molecule has 0 spiro atoms. The minimum atomic E-state index is -1.00. The zero-order valence-corrected chi connectivity index (χ0v) is 20.0. The zero-order valence-electron chi connectivity index (χ0n) is 20.0. The number of rotatable bonds is 5. The molecule has 3 saturated carbocycles. The molecule has 4 aliphatic rings. The van der Waals surface area contributed by atoms with Crippen LogP contribution < -0.4 is 0 Å². The van der Waals surface area contributed by atoms with Crippen molar-refractivity contribution in [2.75, 3.05) is 0 Å². The third-order valence-corrected chi connectivity index (χ3v) is 10.5. The lowest BCUT2D eigenvalue weighted by Crippen LogP contribution is -2.55. The van der Waals surface area contributed by atoms with Crippen LogP contribution in [0.4, 0.5) is 0 Å². The third-order valence-electron chi connectivity index (χ3n) is 10.5. The fraction of sp³-hybridized carbons (Fsp3) is 0.926. The number of fused-ring (bicyclic) bond motifs is 5. The summed E-state index contributed by atoms with van der Waals surface area (Å²) in [7, 11) is 0. The second kappa shape index (κ2) is 7.89. The van der Waals surface area contributed by atoms with Gasteiger partial charge in [0.25, 0.3) is 0 Å². The summed E-state index contributed by atoms with van der Waals surface area (Å²) in [5.41, 5.74) is 0.914. The van der Waals surface area contributed by atoms with Gasteiger partial charge in [0, 0.05) is 0 Å². The summed E-state index contributed by atoms with van der Waals surface area (Å²) in [6, 6.07) is 0. The summed E-state index contributed by atoms with van der Waals surface area (Å²) < 4.78 is 0. The van der Waals surface area contributed by atoms with E-state index in [0.29, 0.717) is 24.2 Å². The van der Waals surface area contributed by atoms with E-state index in [-0.39, 0.29) is 22.9 Å². The van der Waals surface area contributed by atoms with Crippen molar-refractivity contribution in [3.63, 3.8) is 0 Å². The first-order valence-electron chi connectivity index (χ1n) is 12.8. The molecule has 4 aliphatic carbocycles. The highest BCUT2D eigenvalue weighted by atomic mass is 16.3. The van der Waals surface area contributed by atoms with E-state index >= 15 is 0 Å². The van der Waals surface area contributed by atoms with Crippen LogP contribution in [0.25, 0.3) is 0 Å². The van der Waals surface area contributed by atoms with Gasteiger partial charge in [-0.25, -0.2) is 0 Å². The Labute approximate surface area is 184 Å². The monoisotopic (exact) mass is 418 g/mol. The molecule has 0 aromatic rings. The first-order valence-corrected chi connectivity index (χ1v) is 12.8. The summed E-state index contributed by atoms with van der Waals surface area (Å²) in [6.45, 7) is 11.2. The highest BCUT2D eigenvalue weighted by Gasteiger charge is 2.62. The Morgan fingerprint density at radius 2 is 1.80 bits per heavy atom. The van der Waals surface area contributed by atoms with E-state index in [4.69, 9.17) is 0 Å². The Bertz CT molecular complexity index is 667. The van der Waals surface area contributed by atoms with E-state index in [1.54, 1.807) is 0 Å². The van der Waals surface area contributed by atoms with Crippen LogP contribution in [0.3, 0.4) is 0 Å². The van der Waals surface area contributed by atoms with Gasteiger partial charge in [-0.3, -0.25) is 0 Å². The molecule has 0 bridgehead atoms. The van der Waals surface area contributed by atoms with Gasteiger partial charge in [-0.15, -0.1) is 0 Å². The standard InChI is InChI=1S/C27H46O3/c1-17(2)6-11-24(29)27(5,30)23-10-9-21-20-8-7-18-16-19(28)12-14-25(18,3)22(20)13-15-26(21,23)4/h7,17,19-24,28-30H,6,8-16H2,1-5H3/t19?,20?,21?,22?,23-,24?,25?,26?,27+/m0/s1. The van der Waals surface area contributed by atoms with Crippen LogP contribution in [-0.4, -0.2) is 33.1 Å². The van der Waals surface area contributed by atoms with Crippen molar-refractivity contribution in [2.45, 2.75) is 117 Å². The number of aliphatic hydroxyl groups is 3. The zero-order chi connectivity index (χ0) is 21.9. The SMILES string of the molecule is CC(C)CCC(O)[C@](C)(O)[C@H]1CCC2C3CC=C4CC(O)CCC4(C)C3CCC21C. The Kier molecular flexibility index (Phi) is 5.99. The average molecular weight is 419 g/mol. The minimum Gasteiger partial charge on any atom is -0.393 e. The molecule has 3 heteroatoms. The minimum absolute atomic E-state index is 0.124. The van der Waals surface area contributed by atoms with Crippen molar-refractivity contribution >= 4 is 0 Å². The van der Waals surface area contributed by atoms with Gasteiger partial charge in [-0.1, -0.05) is 39.3 Å². The van der Waals surface area contributed by atoms with E-state index in [1.165, 1.54) is 24.8 Å². The van der Waals surface area contributed by atoms with Crippen LogP contribution in [0.2, 0.25) is 0 Å². The van der Waals surface area contributed by atoms with Crippen LogP contribution >= 0.6 is 0 Å². The number of allylic oxidation sites excluding steroid dienone is 1. The lowest BCUT2D eigenvalue weighted by molar-refractivity contribution is -0.151. The first-order chi connectivity index (χ1) is 14.0. The molecule has 172 valence electrons. The summed E-state index contributed by atoms with van der Waals surface area (Å²) in [4.78, 5) is 0. The average Bonchev–Trinajstić information content (AvgIpc) is 3.04. The maximum Gasteiger partial charge on any atom is 0.0910 e. The molecule has 3 fully saturated rings. The summed E-state index contributed by atoms with van der Waals surface area (Å²) in [5.74, 6) is 2.80. The molecule has 3 N–H and O–H groups in total. The summed E-state index contributed by atoms with van der Waals surface area (Å²) in [5, 5.41) is 32.7. The molecule has 3 nitrogen and oxygen atoms in total. The van der Waals surface area contributed by atoms with E-state index in [1.807, 2.05) is 6.92 Å². The van der Waals surface area contributed by atoms with Crippen LogP contribution in [0.5, 0.6) is 0 Å². The molecule has 0 amide bonds. The molecule has 0 saturated heterocycles. The van der Waals surface area contributed by atoms with Crippen molar-refractivity contribution < 1.29 is 15.3 Å². The Hall–Kier alpha value is -0.380. The van der Waals surface area contributed by atoms with Crippen molar-refractivity contribution in [1.29, 1.82) is 0 Å². The number of aliphatic hydroxyl groups excluding tert-OH is 2. The fourth-order valence-electron chi connectivity index (χ4n) is 8.62. The van der Waals surface area contributed by atoms with Crippen molar-refractivity contribution in [3.05, 3.63) is 11.6 Å². The van der Waals surface area contributed by atoms with Crippen molar-refractivity contribution in [3.8, 4) is 0 Å². The molecular weight excluding hydrogens is 372 g/mol. The second-order valence-electron chi connectivity index (χ2n) is 12.5. The van der Waals surface area contributed by atoms with Crippen LogP contribution in [0.15, 0.2) is 11.6 Å². The van der Waals surface area contributed by atoms with Gasteiger partial charge >= 0.3 is 0 Å². The quantitative estimate of drug-likeness (QED) is 0.519. The van der Waals surface area contributed by atoms with E-state index < -0.39 is 11.7 Å². The predicted octanol–water partition coefficient (Wildman–Crippen LogP) is 5.47. The molecular formula is C27H46O3. The molecule has 9 atom stereocenters. The largest absolute Gasteiger partial charge is 0.393 e. The summed E-state index contributed by atoms with van der Waals surface area (Å²) >= 11 is 0. The van der Waals surface area contributed by atoms with Gasteiger partial charge in [-0.05, 0) is 112 Å². The molecule has 0 aliphatic heterocycles. The lowest BCUT2D eigenvalue weighted by atomic mass is 9.46. The molecule has 0 heterocycles. The van der Waals surface area contributed by atoms with E-state index in [2.05, 4.69) is 33.8 Å². The smallest absolute Gasteiger partial charge is 0.0910 e. The maximum absolute atomic E-state index is 11.6. The molecule has 0 radical (unpaired) electrons. The van der Waals surface area contributed by atoms with Gasteiger partial charge in [0.2, 0.25) is 0 Å². The lowest BCUT2D eigenvalue weighted by Gasteiger charge is -2.59. The second-order valence-corrected chi connectivity index (χ2v) is 12.5. The fourth-order valence-corrected chi connectivity index (χ4v) is 8.62. The first kappa shape index (κ1) is 22.8. The topological polar surface area (TPSA) is 60.7 Å². The molecule has 0 aromatic carbocycles. The van der Waals surface area contributed by atoms with Crippen molar-refractivity contribution in [1.82, 2.24) is 0 Å². The summed E-state index contributed by atoms with van der Waals surface area (Å²) in [6.07, 6.45) is 12.1. The van der Waals surface area contributed by atoms with Crippen LogP contribution in [0.1, 0.15) is 98.8 Å². The molecule has 0 aromatic heterocycles. The molecule has 7 unspecified atom stereocenters. The van der Waals surface area contributed by atoms with E-state index in [0.717, 1.165) is 44.4 Å². The van der Waals surface area contributed by atoms with Crippen LogP contribution in [-0.2, 0) is 0 Å². The normalized spacial score (nSPS) is 46.4. The van der Waals surface area contributed by atoms with Gasteiger partial charge in [0.1, 0.15) is 0 Å². The number of hydrogen-bond donors (Lipinski definition) is 3. The Balaban J connectivity index is 1.55. The Morgan fingerprint density at radius 3 is 2.50 bits per heavy atom. The molecule has 4 rings (SSSR count). The van der Waals surface area contributed by atoms with Gasteiger partial charge < -0.3 is 15.3 Å². The van der Waals surface area contributed by atoms with E-state index in [9.17, 15) is 15.3 Å².